The standard InChI is InChI=1S/C26H24O4/c1-28-16-24(26(27)30-3)25(17-11-13-19(29-2)14-12-17)22-10-6-9-21-20-8-5-4-7-18(20)15-23(21)22/h4-14H,15-16H2,1-3H3. The number of fused-ring (bicyclic) bond motifs is 3. The highest BCUT2D eigenvalue weighted by atomic mass is 16.5. The van der Waals surface area contributed by atoms with Crippen LogP contribution in [0.1, 0.15) is 22.3 Å². The molecular weight excluding hydrogens is 376 g/mol. The zero-order valence-electron chi connectivity index (χ0n) is 17.4. The molecule has 30 heavy (non-hydrogen) atoms. The van der Waals surface area contributed by atoms with Crippen molar-refractivity contribution in [1.29, 1.82) is 0 Å². The Balaban J connectivity index is 1.97. The van der Waals surface area contributed by atoms with Crippen LogP contribution in [-0.2, 0) is 20.7 Å². The highest BCUT2D eigenvalue weighted by molar-refractivity contribution is 6.03. The van der Waals surface area contributed by atoms with Crippen molar-refractivity contribution in [3.63, 3.8) is 0 Å². The molecule has 0 saturated carbocycles. The van der Waals surface area contributed by atoms with Gasteiger partial charge < -0.3 is 14.2 Å². The second-order valence-corrected chi connectivity index (χ2v) is 7.17. The molecule has 1 aliphatic rings. The Morgan fingerprint density at radius 3 is 2.30 bits per heavy atom. The smallest absolute Gasteiger partial charge is 0.336 e. The maximum absolute atomic E-state index is 12.7. The van der Waals surface area contributed by atoms with Gasteiger partial charge in [-0.05, 0) is 51.9 Å². The summed E-state index contributed by atoms with van der Waals surface area (Å²) in [6.07, 6.45) is 0.822. The third-order valence-corrected chi connectivity index (χ3v) is 5.52. The van der Waals surface area contributed by atoms with E-state index in [1.54, 1.807) is 14.2 Å². The van der Waals surface area contributed by atoms with E-state index < -0.39 is 5.97 Å². The van der Waals surface area contributed by atoms with Gasteiger partial charge in [0.05, 0.1) is 26.4 Å². The lowest BCUT2D eigenvalue weighted by Gasteiger charge is -2.18. The van der Waals surface area contributed by atoms with E-state index in [0.717, 1.165) is 28.9 Å². The number of rotatable bonds is 6. The molecule has 0 aliphatic heterocycles. The van der Waals surface area contributed by atoms with Crippen LogP contribution in [0.3, 0.4) is 0 Å². The summed E-state index contributed by atoms with van der Waals surface area (Å²) >= 11 is 0. The van der Waals surface area contributed by atoms with Gasteiger partial charge in [0.1, 0.15) is 5.75 Å². The number of carbonyl (C=O) groups excluding carboxylic acids is 1. The highest BCUT2D eigenvalue weighted by Crippen LogP contribution is 2.42. The van der Waals surface area contributed by atoms with Gasteiger partial charge in [-0.2, -0.15) is 0 Å². The van der Waals surface area contributed by atoms with Crippen LogP contribution in [0.15, 0.2) is 72.3 Å². The third kappa shape index (κ3) is 3.51. The van der Waals surface area contributed by atoms with Crippen molar-refractivity contribution >= 4 is 11.5 Å². The predicted octanol–water partition coefficient (Wildman–Crippen LogP) is 4.89. The summed E-state index contributed by atoms with van der Waals surface area (Å²) < 4.78 is 15.8. The molecule has 4 heteroatoms. The molecule has 0 radical (unpaired) electrons. The fourth-order valence-corrected chi connectivity index (χ4v) is 4.14. The summed E-state index contributed by atoms with van der Waals surface area (Å²) in [6, 6.07) is 22.4. The lowest BCUT2D eigenvalue weighted by molar-refractivity contribution is -0.136. The van der Waals surface area contributed by atoms with Crippen LogP contribution in [0.5, 0.6) is 5.75 Å². The van der Waals surface area contributed by atoms with Crippen molar-refractivity contribution in [3.8, 4) is 16.9 Å². The van der Waals surface area contributed by atoms with Crippen LogP contribution in [0, 0.1) is 0 Å². The topological polar surface area (TPSA) is 44.8 Å². The summed E-state index contributed by atoms with van der Waals surface area (Å²) in [5.41, 5.74) is 8.21. The Labute approximate surface area is 176 Å². The van der Waals surface area contributed by atoms with Gasteiger partial charge in [-0.3, -0.25) is 0 Å². The Morgan fingerprint density at radius 1 is 0.867 bits per heavy atom. The number of ether oxygens (including phenoxy) is 3. The molecule has 0 amide bonds. The molecule has 3 aromatic carbocycles. The minimum Gasteiger partial charge on any atom is -0.497 e. The van der Waals surface area contributed by atoms with E-state index in [9.17, 15) is 4.79 Å². The average molecular weight is 400 g/mol. The van der Waals surface area contributed by atoms with Crippen LogP contribution in [0.4, 0.5) is 0 Å². The quantitative estimate of drug-likeness (QED) is 0.342. The zero-order chi connectivity index (χ0) is 21.1. The molecular formula is C26H24O4. The highest BCUT2D eigenvalue weighted by Gasteiger charge is 2.26. The van der Waals surface area contributed by atoms with Crippen molar-refractivity contribution in [1.82, 2.24) is 0 Å². The average Bonchev–Trinajstić information content (AvgIpc) is 3.18. The Kier molecular flexibility index (Phi) is 5.68. The van der Waals surface area contributed by atoms with Crippen molar-refractivity contribution in [2.75, 3.05) is 27.9 Å². The largest absolute Gasteiger partial charge is 0.497 e. The first-order valence-corrected chi connectivity index (χ1v) is 9.83. The van der Waals surface area contributed by atoms with Gasteiger partial charge in [0.15, 0.2) is 0 Å². The molecule has 0 fully saturated rings. The first kappa shape index (κ1) is 19.9. The molecule has 0 bridgehead atoms. The SMILES string of the molecule is COCC(C(=O)OC)=C(c1ccc(OC)cc1)c1cccc2c1Cc1ccccc1-2. The monoisotopic (exact) mass is 400 g/mol. The van der Waals surface area contributed by atoms with Gasteiger partial charge in [-0.1, -0.05) is 54.6 Å². The first-order valence-electron chi connectivity index (χ1n) is 9.83. The lowest BCUT2D eigenvalue weighted by atomic mass is 9.88. The zero-order valence-corrected chi connectivity index (χ0v) is 17.4. The van der Waals surface area contributed by atoms with E-state index in [1.165, 1.54) is 29.4 Å². The second-order valence-electron chi connectivity index (χ2n) is 7.17. The van der Waals surface area contributed by atoms with Gasteiger partial charge in [-0.15, -0.1) is 0 Å². The molecule has 1 aliphatic carbocycles. The van der Waals surface area contributed by atoms with E-state index in [0.29, 0.717) is 5.57 Å². The fourth-order valence-electron chi connectivity index (χ4n) is 4.14. The van der Waals surface area contributed by atoms with Gasteiger partial charge in [-0.25, -0.2) is 4.79 Å². The lowest BCUT2D eigenvalue weighted by Crippen LogP contribution is -2.14. The molecule has 4 rings (SSSR count). The van der Waals surface area contributed by atoms with Crippen LogP contribution in [0.25, 0.3) is 16.7 Å². The fraction of sp³-hybridized carbons (Fsp3) is 0.192. The molecule has 3 aromatic rings. The van der Waals surface area contributed by atoms with Gasteiger partial charge >= 0.3 is 5.97 Å². The Morgan fingerprint density at radius 2 is 1.60 bits per heavy atom. The summed E-state index contributed by atoms with van der Waals surface area (Å²) in [5.74, 6) is 0.367. The number of carbonyl (C=O) groups is 1. The predicted molar refractivity (Wildman–Crippen MR) is 118 cm³/mol. The number of methoxy groups -OCH3 is 3. The normalized spacial score (nSPS) is 12.6. The maximum Gasteiger partial charge on any atom is 0.336 e. The number of esters is 1. The summed E-state index contributed by atoms with van der Waals surface area (Å²) in [7, 11) is 4.62. The van der Waals surface area contributed by atoms with E-state index in [1.807, 2.05) is 30.3 Å². The summed E-state index contributed by atoms with van der Waals surface area (Å²) in [5, 5.41) is 0. The molecule has 4 nitrogen and oxygen atoms in total. The molecule has 0 spiro atoms. The van der Waals surface area contributed by atoms with Crippen molar-refractivity contribution < 1.29 is 19.0 Å². The summed E-state index contributed by atoms with van der Waals surface area (Å²) in [6.45, 7) is 0.157. The number of hydrogen-bond acceptors (Lipinski definition) is 4. The molecule has 0 aromatic heterocycles. The minimum atomic E-state index is -0.393. The van der Waals surface area contributed by atoms with Crippen LogP contribution >= 0.6 is 0 Å². The molecule has 0 atom stereocenters. The van der Waals surface area contributed by atoms with E-state index in [-0.39, 0.29) is 6.61 Å². The molecule has 0 N–H and O–H groups in total. The Hall–Kier alpha value is -3.37. The molecule has 152 valence electrons. The Bertz CT molecular complexity index is 1110. The van der Waals surface area contributed by atoms with Crippen LogP contribution < -0.4 is 4.74 Å². The van der Waals surface area contributed by atoms with Crippen molar-refractivity contribution in [2.24, 2.45) is 0 Å². The summed E-state index contributed by atoms with van der Waals surface area (Å²) in [4.78, 5) is 12.7. The molecule has 0 unspecified atom stereocenters. The minimum absolute atomic E-state index is 0.157. The van der Waals surface area contributed by atoms with Crippen LogP contribution in [0.2, 0.25) is 0 Å². The van der Waals surface area contributed by atoms with Gasteiger partial charge in [0.2, 0.25) is 0 Å². The van der Waals surface area contributed by atoms with E-state index in [4.69, 9.17) is 14.2 Å². The molecule has 0 saturated heterocycles. The number of hydrogen-bond donors (Lipinski definition) is 0. The van der Waals surface area contributed by atoms with E-state index in [2.05, 4.69) is 36.4 Å². The molecule has 0 heterocycles. The van der Waals surface area contributed by atoms with E-state index >= 15 is 0 Å². The third-order valence-electron chi connectivity index (χ3n) is 5.52. The van der Waals surface area contributed by atoms with Crippen molar-refractivity contribution in [2.45, 2.75) is 6.42 Å². The first-order chi connectivity index (χ1) is 14.7. The van der Waals surface area contributed by atoms with Crippen molar-refractivity contribution in [3.05, 3.63) is 94.6 Å². The second kappa shape index (κ2) is 8.56. The maximum atomic E-state index is 12.7. The van der Waals surface area contributed by atoms with Gasteiger partial charge in [0, 0.05) is 12.7 Å². The number of benzene rings is 3. The van der Waals surface area contributed by atoms with Gasteiger partial charge in [0.25, 0.3) is 0 Å². The van der Waals surface area contributed by atoms with Crippen LogP contribution in [-0.4, -0.2) is 33.9 Å².